The number of nitrogens with zero attached hydrogens (tertiary/aromatic N) is 2. The predicted octanol–water partition coefficient (Wildman–Crippen LogP) is 4.46. The van der Waals surface area contributed by atoms with Crippen molar-refractivity contribution >= 4 is 53.1 Å². The topological polar surface area (TPSA) is 73.0 Å². The number of rotatable bonds is 7. The SMILES string of the molecule is CCNC(=NCC(O)c1ccco1)NC1CCN(Cc2ccc(Cl)c(Cl)c2)CC1.I. The van der Waals surface area contributed by atoms with Crippen molar-refractivity contribution < 1.29 is 9.52 Å². The maximum Gasteiger partial charge on any atom is 0.191 e. The molecule has 0 aliphatic carbocycles. The Morgan fingerprint density at radius 2 is 2.03 bits per heavy atom. The van der Waals surface area contributed by atoms with E-state index in [-0.39, 0.29) is 30.5 Å². The maximum atomic E-state index is 10.2. The van der Waals surface area contributed by atoms with Gasteiger partial charge in [0.05, 0.1) is 22.9 Å². The third-order valence-electron chi connectivity index (χ3n) is 4.96. The molecule has 3 N–H and O–H groups in total. The van der Waals surface area contributed by atoms with Gasteiger partial charge in [-0.3, -0.25) is 9.89 Å². The number of nitrogens with one attached hydrogen (secondary N) is 2. The van der Waals surface area contributed by atoms with Crippen LogP contribution in [0.25, 0.3) is 0 Å². The molecule has 30 heavy (non-hydrogen) atoms. The lowest BCUT2D eigenvalue weighted by Gasteiger charge is -2.33. The van der Waals surface area contributed by atoms with E-state index in [1.54, 1.807) is 18.4 Å². The summed E-state index contributed by atoms with van der Waals surface area (Å²) in [6, 6.07) is 9.68. The third kappa shape index (κ3) is 7.60. The molecule has 0 saturated carbocycles. The highest BCUT2D eigenvalue weighted by Crippen LogP contribution is 2.24. The van der Waals surface area contributed by atoms with Gasteiger partial charge in [0, 0.05) is 32.2 Å². The zero-order valence-electron chi connectivity index (χ0n) is 17.0. The zero-order chi connectivity index (χ0) is 20.6. The van der Waals surface area contributed by atoms with Crippen LogP contribution in [-0.2, 0) is 6.54 Å². The van der Waals surface area contributed by atoms with Crippen molar-refractivity contribution in [2.75, 3.05) is 26.2 Å². The summed E-state index contributed by atoms with van der Waals surface area (Å²) in [5.74, 6) is 1.25. The number of hydrogen-bond donors (Lipinski definition) is 3. The van der Waals surface area contributed by atoms with E-state index in [4.69, 9.17) is 27.6 Å². The van der Waals surface area contributed by atoms with Gasteiger partial charge in [-0.05, 0) is 49.6 Å². The molecule has 0 spiro atoms. The molecule has 1 atom stereocenters. The molecule has 9 heteroatoms. The lowest BCUT2D eigenvalue weighted by molar-refractivity contribution is 0.158. The molecule has 1 aromatic heterocycles. The Bertz CT molecular complexity index is 796. The van der Waals surface area contributed by atoms with Gasteiger partial charge in [-0.2, -0.15) is 0 Å². The Hall–Kier alpha value is -1.000. The van der Waals surface area contributed by atoms with Crippen molar-refractivity contribution in [2.24, 2.45) is 4.99 Å². The second-order valence-corrected chi connectivity index (χ2v) is 8.01. The van der Waals surface area contributed by atoms with E-state index in [1.165, 1.54) is 5.56 Å². The average Bonchev–Trinajstić information content (AvgIpc) is 3.25. The highest BCUT2D eigenvalue weighted by atomic mass is 127. The Morgan fingerprint density at radius 1 is 1.27 bits per heavy atom. The maximum absolute atomic E-state index is 10.2. The number of aliphatic imine (C=N–C) groups is 1. The van der Waals surface area contributed by atoms with Crippen molar-refractivity contribution in [3.05, 3.63) is 58.0 Å². The summed E-state index contributed by atoms with van der Waals surface area (Å²) < 4.78 is 5.23. The average molecular weight is 567 g/mol. The number of halogens is 3. The second-order valence-electron chi connectivity index (χ2n) is 7.19. The fraction of sp³-hybridized carbons (Fsp3) is 0.476. The number of piperidine rings is 1. The van der Waals surface area contributed by atoms with E-state index in [9.17, 15) is 5.11 Å². The van der Waals surface area contributed by atoms with Gasteiger partial charge >= 0.3 is 0 Å². The van der Waals surface area contributed by atoms with E-state index in [0.29, 0.717) is 21.8 Å². The number of hydrogen-bond acceptors (Lipinski definition) is 4. The Balaban J connectivity index is 0.00000320. The van der Waals surface area contributed by atoms with Gasteiger partial charge in [-0.15, -0.1) is 24.0 Å². The Labute approximate surface area is 205 Å². The largest absolute Gasteiger partial charge is 0.467 e. The second kappa shape index (κ2) is 12.8. The minimum absolute atomic E-state index is 0. The molecule has 6 nitrogen and oxygen atoms in total. The summed E-state index contributed by atoms with van der Waals surface area (Å²) in [7, 11) is 0. The van der Waals surface area contributed by atoms with Crippen LogP contribution in [0.15, 0.2) is 46.0 Å². The Morgan fingerprint density at radius 3 is 2.67 bits per heavy atom. The highest BCUT2D eigenvalue weighted by molar-refractivity contribution is 14.0. The molecule has 1 saturated heterocycles. The fourth-order valence-corrected chi connectivity index (χ4v) is 3.71. The molecular weight excluding hydrogens is 538 g/mol. The van der Waals surface area contributed by atoms with E-state index in [1.807, 2.05) is 25.1 Å². The van der Waals surface area contributed by atoms with E-state index < -0.39 is 6.10 Å². The first-order chi connectivity index (χ1) is 14.0. The predicted molar refractivity (Wildman–Crippen MR) is 133 cm³/mol. The summed E-state index contributed by atoms with van der Waals surface area (Å²) in [5.41, 5.74) is 1.17. The molecule has 1 aliphatic rings. The monoisotopic (exact) mass is 566 g/mol. The van der Waals surface area contributed by atoms with Gasteiger partial charge in [0.15, 0.2) is 5.96 Å². The van der Waals surface area contributed by atoms with Crippen molar-refractivity contribution in [2.45, 2.75) is 38.5 Å². The zero-order valence-corrected chi connectivity index (χ0v) is 20.8. The number of furan rings is 1. The molecule has 1 aromatic carbocycles. The van der Waals surface area contributed by atoms with Crippen LogP contribution in [0.4, 0.5) is 0 Å². The first-order valence-corrected chi connectivity index (χ1v) is 10.7. The number of benzene rings is 1. The minimum atomic E-state index is -0.742. The summed E-state index contributed by atoms with van der Waals surface area (Å²) in [4.78, 5) is 6.93. The molecule has 1 fully saturated rings. The number of likely N-dealkylation sites (tertiary alicyclic amines) is 1. The van der Waals surface area contributed by atoms with E-state index in [0.717, 1.165) is 45.0 Å². The smallest absolute Gasteiger partial charge is 0.191 e. The molecule has 2 aromatic rings. The van der Waals surface area contributed by atoms with Gasteiger partial charge in [-0.25, -0.2) is 0 Å². The number of guanidine groups is 1. The van der Waals surface area contributed by atoms with Gasteiger partial charge in [-0.1, -0.05) is 29.3 Å². The van der Waals surface area contributed by atoms with Crippen LogP contribution in [0.5, 0.6) is 0 Å². The van der Waals surface area contributed by atoms with Gasteiger partial charge < -0.3 is 20.2 Å². The lowest BCUT2D eigenvalue weighted by atomic mass is 10.0. The van der Waals surface area contributed by atoms with Crippen LogP contribution in [0.3, 0.4) is 0 Å². The first kappa shape index (κ1) is 25.3. The quantitative estimate of drug-likeness (QED) is 0.262. The molecule has 3 rings (SSSR count). The van der Waals surface area contributed by atoms with Gasteiger partial charge in [0.25, 0.3) is 0 Å². The molecule has 0 bridgehead atoms. The number of aliphatic hydroxyl groups excluding tert-OH is 1. The van der Waals surface area contributed by atoms with Crippen molar-refractivity contribution in [1.29, 1.82) is 0 Å². The van der Waals surface area contributed by atoms with Crippen LogP contribution in [0.2, 0.25) is 10.0 Å². The molecule has 0 radical (unpaired) electrons. The lowest BCUT2D eigenvalue weighted by Crippen LogP contribution is -2.48. The summed E-state index contributed by atoms with van der Waals surface area (Å²) in [6.45, 7) is 5.89. The highest BCUT2D eigenvalue weighted by Gasteiger charge is 2.20. The standard InChI is InChI=1S/C21H28Cl2N4O2.HI/c1-2-24-21(25-13-19(28)20-4-3-11-29-20)26-16-7-9-27(10-8-16)14-15-5-6-17(22)18(23)12-15;/h3-6,11-12,16,19,28H,2,7-10,13-14H2,1H3,(H2,24,25,26);1H. The third-order valence-corrected chi connectivity index (χ3v) is 5.70. The van der Waals surface area contributed by atoms with Gasteiger partial charge in [0.1, 0.15) is 11.9 Å². The summed E-state index contributed by atoms with van der Waals surface area (Å²) in [5, 5.41) is 18.1. The minimum Gasteiger partial charge on any atom is -0.467 e. The van der Waals surface area contributed by atoms with Crippen LogP contribution in [0.1, 0.15) is 37.2 Å². The molecule has 2 heterocycles. The molecule has 1 unspecified atom stereocenters. The molecule has 0 amide bonds. The van der Waals surface area contributed by atoms with Crippen molar-refractivity contribution in [3.8, 4) is 0 Å². The Kier molecular flexibility index (Phi) is 10.7. The normalized spacial score (nSPS) is 16.7. The van der Waals surface area contributed by atoms with Crippen LogP contribution in [-0.4, -0.2) is 48.2 Å². The molecule has 166 valence electrons. The first-order valence-electron chi connectivity index (χ1n) is 9.97. The number of aliphatic hydroxyl groups is 1. The summed E-state index contributed by atoms with van der Waals surface area (Å²) >= 11 is 12.1. The van der Waals surface area contributed by atoms with Crippen LogP contribution < -0.4 is 10.6 Å². The fourth-order valence-electron chi connectivity index (χ4n) is 3.39. The van der Waals surface area contributed by atoms with Crippen LogP contribution >= 0.6 is 47.2 Å². The van der Waals surface area contributed by atoms with Crippen molar-refractivity contribution in [3.63, 3.8) is 0 Å². The van der Waals surface area contributed by atoms with E-state index in [2.05, 4.69) is 20.5 Å². The molecular formula is C21H29Cl2IN4O2. The van der Waals surface area contributed by atoms with Gasteiger partial charge in [0.2, 0.25) is 0 Å². The summed E-state index contributed by atoms with van der Waals surface area (Å²) in [6.07, 6.45) is 2.85. The molecule has 1 aliphatic heterocycles. The van der Waals surface area contributed by atoms with E-state index >= 15 is 0 Å². The van der Waals surface area contributed by atoms with Crippen LogP contribution in [0, 0.1) is 0 Å². The van der Waals surface area contributed by atoms with Crippen molar-refractivity contribution in [1.82, 2.24) is 15.5 Å².